The molecule has 0 bridgehead atoms. The molecular formula is C18H22O. The van der Waals surface area contributed by atoms with Crippen LogP contribution in [0.3, 0.4) is 0 Å². The first-order chi connectivity index (χ1) is 9.16. The monoisotopic (exact) mass is 254 g/mol. The Hall–Kier alpha value is -1.34. The summed E-state index contributed by atoms with van der Waals surface area (Å²) >= 11 is 0. The third-order valence-corrected chi connectivity index (χ3v) is 4.40. The number of hydrogen-bond donors (Lipinski definition) is 0. The molecule has 0 aromatic heterocycles. The van der Waals surface area contributed by atoms with Crippen LogP contribution in [0, 0.1) is 5.92 Å². The molecule has 1 nitrogen and oxygen atoms in total. The average molecular weight is 254 g/mol. The SMILES string of the molecule is CC1=CC2CCC(Cc3ccccc3)O[C@@]2(C)C=C1. The highest BCUT2D eigenvalue weighted by Gasteiger charge is 2.39. The van der Waals surface area contributed by atoms with E-state index in [0.29, 0.717) is 12.0 Å². The molecule has 1 aliphatic carbocycles. The maximum absolute atomic E-state index is 6.40. The molecule has 0 radical (unpaired) electrons. The van der Waals surface area contributed by atoms with E-state index in [1.54, 1.807) is 0 Å². The molecule has 1 heterocycles. The van der Waals surface area contributed by atoms with Gasteiger partial charge in [-0.2, -0.15) is 0 Å². The molecule has 1 aromatic carbocycles. The van der Waals surface area contributed by atoms with Gasteiger partial charge in [-0.15, -0.1) is 0 Å². The molecule has 100 valence electrons. The smallest absolute Gasteiger partial charge is 0.0903 e. The summed E-state index contributed by atoms with van der Waals surface area (Å²) in [5, 5.41) is 0. The first-order valence-electron chi connectivity index (χ1n) is 7.25. The molecule has 0 amide bonds. The van der Waals surface area contributed by atoms with Crippen molar-refractivity contribution in [3.05, 3.63) is 59.7 Å². The van der Waals surface area contributed by atoms with E-state index in [1.807, 2.05) is 0 Å². The highest BCUT2D eigenvalue weighted by molar-refractivity contribution is 5.29. The first-order valence-corrected chi connectivity index (χ1v) is 7.25. The second-order valence-corrected chi connectivity index (χ2v) is 6.04. The van der Waals surface area contributed by atoms with E-state index >= 15 is 0 Å². The van der Waals surface area contributed by atoms with Gasteiger partial charge < -0.3 is 4.74 Å². The van der Waals surface area contributed by atoms with Crippen molar-refractivity contribution in [2.24, 2.45) is 5.92 Å². The largest absolute Gasteiger partial charge is 0.367 e. The van der Waals surface area contributed by atoms with Crippen LogP contribution < -0.4 is 0 Å². The van der Waals surface area contributed by atoms with E-state index in [0.717, 1.165) is 12.8 Å². The van der Waals surface area contributed by atoms with E-state index in [-0.39, 0.29) is 5.60 Å². The summed E-state index contributed by atoms with van der Waals surface area (Å²) in [4.78, 5) is 0. The summed E-state index contributed by atoms with van der Waals surface area (Å²) in [6.45, 7) is 4.40. The molecule has 1 fully saturated rings. The number of allylic oxidation sites excluding steroid dienone is 2. The first kappa shape index (κ1) is 12.7. The Morgan fingerprint density at radius 2 is 2.00 bits per heavy atom. The van der Waals surface area contributed by atoms with Crippen LogP contribution in [0.15, 0.2) is 54.1 Å². The normalized spacial score (nSPS) is 33.7. The van der Waals surface area contributed by atoms with Gasteiger partial charge in [0.05, 0.1) is 11.7 Å². The average Bonchev–Trinajstić information content (AvgIpc) is 2.41. The van der Waals surface area contributed by atoms with Gasteiger partial charge in [0.25, 0.3) is 0 Å². The summed E-state index contributed by atoms with van der Waals surface area (Å²) in [5.41, 5.74) is 2.64. The van der Waals surface area contributed by atoms with E-state index in [1.165, 1.54) is 17.6 Å². The molecule has 0 spiro atoms. The summed E-state index contributed by atoms with van der Waals surface area (Å²) in [6.07, 6.45) is 10.6. The van der Waals surface area contributed by atoms with E-state index in [2.05, 4.69) is 62.4 Å². The fraction of sp³-hybridized carbons (Fsp3) is 0.444. The molecule has 3 rings (SSSR count). The molecular weight excluding hydrogens is 232 g/mol. The van der Waals surface area contributed by atoms with Gasteiger partial charge in [0.15, 0.2) is 0 Å². The summed E-state index contributed by atoms with van der Waals surface area (Å²) in [6, 6.07) is 10.7. The molecule has 3 atom stereocenters. The lowest BCUT2D eigenvalue weighted by Crippen LogP contribution is -2.45. The van der Waals surface area contributed by atoms with Crippen molar-refractivity contribution in [1.82, 2.24) is 0 Å². The van der Waals surface area contributed by atoms with Crippen molar-refractivity contribution < 1.29 is 4.74 Å². The molecule has 0 N–H and O–H groups in total. The molecule has 19 heavy (non-hydrogen) atoms. The quantitative estimate of drug-likeness (QED) is 0.764. The Balaban J connectivity index is 1.71. The summed E-state index contributed by atoms with van der Waals surface area (Å²) in [5.74, 6) is 0.546. The molecule has 1 aromatic rings. The topological polar surface area (TPSA) is 9.23 Å². The third-order valence-electron chi connectivity index (χ3n) is 4.40. The van der Waals surface area contributed by atoms with Crippen LogP contribution in [0.25, 0.3) is 0 Å². The van der Waals surface area contributed by atoms with Gasteiger partial charge in [-0.3, -0.25) is 0 Å². The van der Waals surface area contributed by atoms with Crippen LogP contribution in [0.4, 0.5) is 0 Å². The Labute approximate surface area is 116 Å². The molecule has 2 unspecified atom stereocenters. The third kappa shape index (κ3) is 2.66. The van der Waals surface area contributed by atoms with Crippen LogP contribution >= 0.6 is 0 Å². The van der Waals surface area contributed by atoms with Crippen LogP contribution in [0.2, 0.25) is 0 Å². The van der Waals surface area contributed by atoms with Gasteiger partial charge in [-0.1, -0.05) is 54.1 Å². The standard InChI is InChI=1S/C18H22O/c1-14-10-11-18(2)16(12-14)8-9-17(19-18)13-15-6-4-3-5-7-15/h3-7,10-12,16-17H,8-9,13H2,1-2H3/t16?,17?,18-/m0/s1. The minimum Gasteiger partial charge on any atom is -0.367 e. The minimum absolute atomic E-state index is 0.1000. The number of fused-ring (bicyclic) bond motifs is 1. The highest BCUT2D eigenvalue weighted by Crippen LogP contribution is 2.40. The molecule has 2 aliphatic rings. The van der Waals surface area contributed by atoms with Crippen molar-refractivity contribution in [2.45, 2.75) is 44.8 Å². The molecule has 1 heteroatoms. The second-order valence-electron chi connectivity index (χ2n) is 6.04. The Bertz CT molecular complexity index is 500. The van der Waals surface area contributed by atoms with Crippen molar-refractivity contribution in [3.8, 4) is 0 Å². The Morgan fingerprint density at radius 3 is 2.79 bits per heavy atom. The predicted octanol–water partition coefficient (Wildman–Crippen LogP) is 4.30. The fourth-order valence-corrected chi connectivity index (χ4v) is 3.26. The lowest BCUT2D eigenvalue weighted by molar-refractivity contribution is -0.111. The van der Waals surface area contributed by atoms with Gasteiger partial charge in [0.1, 0.15) is 0 Å². The zero-order valence-corrected chi connectivity index (χ0v) is 11.8. The number of hydrogen-bond acceptors (Lipinski definition) is 1. The Morgan fingerprint density at radius 1 is 1.21 bits per heavy atom. The van der Waals surface area contributed by atoms with Crippen molar-refractivity contribution >= 4 is 0 Å². The van der Waals surface area contributed by atoms with E-state index in [9.17, 15) is 0 Å². The lowest BCUT2D eigenvalue weighted by Gasteiger charge is -2.44. The maximum atomic E-state index is 6.40. The van der Waals surface area contributed by atoms with Crippen LogP contribution in [0.1, 0.15) is 32.3 Å². The maximum Gasteiger partial charge on any atom is 0.0903 e. The number of benzene rings is 1. The fourth-order valence-electron chi connectivity index (χ4n) is 3.26. The zero-order valence-electron chi connectivity index (χ0n) is 11.8. The zero-order chi connectivity index (χ0) is 13.3. The van der Waals surface area contributed by atoms with Crippen molar-refractivity contribution in [3.63, 3.8) is 0 Å². The summed E-state index contributed by atoms with van der Waals surface area (Å²) in [7, 11) is 0. The van der Waals surface area contributed by atoms with Crippen LogP contribution in [-0.4, -0.2) is 11.7 Å². The van der Waals surface area contributed by atoms with Crippen LogP contribution in [-0.2, 0) is 11.2 Å². The number of rotatable bonds is 2. The second kappa shape index (κ2) is 4.97. The van der Waals surface area contributed by atoms with Gasteiger partial charge in [-0.05, 0) is 38.7 Å². The lowest BCUT2D eigenvalue weighted by atomic mass is 9.77. The van der Waals surface area contributed by atoms with E-state index < -0.39 is 0 Å². The highest BCUT2D eigenvalue weighted by atomic mass is 16.5. The molecule has 0 saturated carbocycles. The number of ether oxygens (including phenoxy) is 1. The summed E-state index contributed by atoms with van der Waals surface area (Å²) < 4.78 is 6.40. The minimum atomic E-state index is -0.1000. The van der Waals surface area contributed by atoms with Gasteiger partial charge >= 0.3 is 0 Å². The predicted molar refractivity (Wildman–Crippen MR) is 79.0 cm³/mol. The van der Waals surface area contributed by atoms with E-state index in [4.69, 9.17) is 4.74 Å². The van der Waals surface area contributed by atoms with Gasteiger partial charge in [-0.25, -0.2) is 0 Å². The van der Waals surface area contributed by atoms with Crippen molar-refractivity contribution in [2.75, 3.05) is 0 Å². The van der Waals surface area contributed by atoms with Gasteiger partial charge in [0, 0.05) is 5.92 Å². The van der Waals surface area contributed by atoms with Gasteiger partial charge in [0.2, 0.25) is 0 Å². The molecule has 1 saturated heterocycles. The van der Waals surface area contributed by atoms with Crippen molar-refractivity contribution in [1.29, 1.82) is 0 Å². The molecule has 1 aliphatic heterocycles. The Kier molecular flexibility index (Phi) is 3.32. The van der Waals surface area contributed by atoms with Crippen LogP contribution in [0.5, 0.6) is 0 Å².